The number of hydrogen-bond acceptors (Lipinski definition) is 4. The van der Waals surface area contributed by atoms with Gasteiger partial charge in [-0.2, -0.15) is 0 Å². The number of fused-ring (bicyclic) bond motifs is 1. The average molecular weight is 301 g/mol. The van der Waals surface area contributed by atoms with Crippen molar-refractivity contribution in [1.82, 2.24) is 4.68 Å². The third kappa shape index (κ3) is 1.97. The zero-order valence-electron chi connectivity index (χ0n) is 8.90. The van der Waals surface area contributed by atoms with Crippen LogP contribution in [0.3, 0.4) is 0 Å². The molecule has 1 aliphatic heterocycles. The second-order valence-electron chi connectivity index (χ2n) is 3.44. The predicted octanol–water partition coefficient (Wildman–Crippen LogP) is 0.696. The van der Waals surface area contributed by atoms with Crippen molar-refractivity contribution in [2.75, 3.05) is 12.0 Å². The summed E-state index contributed by atoms with van der Waals surface area (Å²) in [6.45, 7) is 1.74. The lowest BCUT2D eigenvalue weighted by molar-refractivity contribution is -0.149. The SMILES string of the molecule is CCOC(=O)C1C(=O)Nn2cc(Br)cc2C1=O. The second kappa shape index (κ2) is 4.33. The predicted molar refractivity (Wildman–Crippen MR) is 61.0 cm³/mol. The Kier molecular flexibility index (Phi) is 3.01. The van der Waals surface area contributed by atoms with E-state index >= 15 is 0 Å². The lowest BCUT2D eigenvalue weighted by Crippen LogP contribution is -2.45. The quantitative estimate of drug-likeness (QED) is 0.644. The molecular formula is C10H9BrN2O4. The fourth-order valence-electron chi connectivity index (χ4n) is 1.60. The van der Waals surface area contributed by atoms with Crippen molar-refractivity contribution in [3.63, 3.8) is 0 Å². The molecule has 1 aliphatic rings. The molecule has 0 saturated carbocycles. The largest absolute Gasteiger partial charge is 0.465 e. The Bertz CT molecular complexity index is 508. The first-order chi connectivity index (χ1) is 8.04. The number of nitrogens with one attached hydrogen (secondary N) is 1. The monoisotopic (exact) mass is 300 g/mol. The first-order valence-corrected chi connectivity index (χ1v) is 5.73. The molecule has 1 unspecified atom stereocenters. The minimum Gasteiger partial charge on any atom is -0.465 e. The smallest absolute Gasteiger partial charge is 0.326 e. The van der Waals surface area contributed by atoms with Gasteiger partial charge in [-0.15, -0.1) is 0 Å². The molecule has 90 valence electrons. The Morgan fingerprint density at radius 1 is 1.59 bits per heavy atom. The van der Waals surface area contributed by atoms with Crippen LogP contribution in [0.2, 0.25) is 0 Å². The van der Waals surface area contributed by atoms with E-state index in [1.54, 1.807) is 6.92 Å². The number of aromatic nitrogens is 1. The zero-order chi connectivity index (χ0) is 12.6. The summed E-state index contributed by atoms with van der Waals surface area (Å²) in [5.74, 6) is -3.47. The molecule has 1 amide bonds. The summed E-state index contributed by atoms with van der Waals surface area (Å²) in [6.07, 6.45) is 1.53. The number of carbonyl (C=O) groups is 3. The Morgan fingerprint density at radius 2 is 2.29 bits per heavy atom. The number of ketones is 1. The number of nitrogens with zero attached hydrogens (tertiary/aromatic N) is 1. The summed E-state index contributed by atoms with van der Waals surface area (Å²) >= 11 is 3.19. The molecule has 0 radical (unpaired) electrons. The van der Waals surface area contributed by atoms with Gasteiger partial charge in [-0.3, -0.25) is 24.5 Å². The van der Waals surface area contributed by atoms with Crippen LogP contribution in [0, 0.1) is 5.92 Å². The van der Waals surface area contributed by atoms with E-state index in [0.29, 0.717) is 4.47 Å². The summed E-state index contributed by atoms with van der Waals surface area (Å²) in [5, 5.41) is 0. The van der Waals surface area contributed by atoms with E-state index in [0.717, 1.165) is 0 Å². The molecule has 2 heterocycles. The van der Waals surface area contributed by atoms with Crippen LogP contribution < -0.4 is 5.43 Å². The molecule has 1 aromatic heterocycles. The van der Waals surface area contributed by atoms with Crippen LogP contribution in [-0.2, 0) is 14.3 Å². The zero-order valence-corrected chi connectivity index (χ0v) is 10.5. The van der Waals surface area contributed by atoms with Gasteiger partial charge < -0.3 is 4.74 Å². The van der Waals surface area contributed by atoms with Crippen LogP contribution in [0.5, 0.6) is 0 Å². The Balaban J connectivity index is 2.36. The Hall–Kier alpha value is -1.63. The molecule has 0 spiro atoms. The van der Waals surface area contributed by atoms with Crippen LogP contribution >= 0.6 is 15.9 Å². The standard InChI is InChI=1S/C10H9BrN2O4/c1-2-17-10(16)7-8(14)6-3-5(11)4-13(6)12-9(7)15/h3-4,7H,2H2,1H3,(H,12,15). The average Bonchev–Trinajstić information content (AvgIpc) is 2.59. The van der Waals surface area contributed by atoms with Crippen molar-refractivity contribution in [2.45, 2.75) is 6.92 Å². The Morgan fingerprint density at radius 3 is 2.94 bits per heavy atom. The molecule has 1 atom stereocenters. The van der Waals surface area contributed by atoms with Gasteiger partial charge in [0.2, 0.25) is 11.7 Å². The van der Waals surface area contributed by atoms with Crippen molar-refractivity contribution in [3.05, 3.63) is 22.4 Å². The summed E-state index contributed by atoms with van der Waals surface area (Å²) in [4.78, 5) is 35.1. The van der Waals surface area contributed by atoms with Gasteiger partial charge in [-0.1, -0.05) is 0 Å². The molecule has 0 aliphatic carbocycles. The molecule has 0 saturated heterocycles. The molecule has 2 rings (SSSR count). The first-order valence-electron chi connectivity index (χ1n) is 4.94. The highest BCUT2D eigenvalue weighted by molar-refractivity contribution is 9.10. The number of ether oxygens (including phenoxy) is 1. The van der Waals surface area contributed by atoms with Gasteiger partial charge in [-0.05, 0) is 28.9 Å². The van der Waals surface area contributed by atoms with Gasteiger partial charge in [-0.25, -0.2) is 0 Å². The molecule has 6 nitrogen and oxygen atoms in total. The minimum absolute atomic E-state index is 0.126. The van der Waals surface area contributed by atoms with E-state index in [2.05, 4.69) is 21.4 Å². The van der Waals surface area contributed by atoms with Crippen molar-refractivity contribution in [2.24, 2.45) is 5.92 Å². The van der Waals surface area contributed by atoms with E-state index in [1.165, 1.54) is 16.9 Å². The van der Waals surface area contributed by atoms with E-state index in [-0.39, 0.29) is 12.3 Å². The summed E-state index contributed by atoms with van der Waals surface area (Å²) in [6, 6.07) is 1.54. The van der Waals surface area contributed by atoms with E-state index in [4.69, 9.17) is 4.74 Å². The molecule has 0 bridgehead atoms. The molecule has 1 N–H and O–H groups in total. The third-order valence-corrected chi connectivity index (χ3v) is 2.75. The van der Waals surface area contributed by atoms with Crippen LogP contribution in [-0.4, -0.2) is 28.9 Å². The number of rotatable bonds is 2. The molecule has 1 aromatic rings. The van der Waals surface area contributed by atoms with Crippen molar-refractivity contribution in [3.8, 4) is 0 Å². The Labute approximate surface area is 105 Å². The summed E-state index contributed by atoms with van der Waals surface area (Å²) in [7, 11) is 0. The number of esters is 1. The van der Waals surface area contributed by atoms with Gasteiger partial charge in [0.05, 0.1) is 6.61 Å². The van der Waals surface area contributed by atoms with Crippen LogP contribution in [0.1, 0.15) is 17.4 Å². The number of carbonyl (C=O) groups excluding carboxylic acids is 3. The van der Waals surface area contributed by atoms with Crippen molar-refractivity contribution in [1.29, 1.82) is 0 Å². The van der Waals surface area contributed by atoms with E-state index < -0.39 is 23.6 Å². The van der Waals surface area contributed by atoms with Gasteiger partial charge in [0.15, 0.2) is 0 Å². The molecule has 17 heavy (non-hydrogen) atoms. The van der Waals surface area contributed by atoms with Gasteiger partial charge in [0.1, 0.15) is 5.69 Å². The highest BCUT2D eigenvalue weighted by atomic mass is 79.9. The van der Waals surface area contributed by atoms with Gasteiger partial charge >= 0.3 is 5.97 Å². The minimum atomic E-state index is -1.41. The maximum Gasteiger partial charge on any atom is 0.326 e. The lowest BCUT2D eigenvalue weighted by Gasteiger charge is -2.21. The van der Waals surface area contributed by atoms with Crippen molar-refractivity contribution >= 4 is 33.6 Å². The highest BCUT2D eigenvalue weighted by Crippen LogP contribution is 2.21. The van der Waals surface area contributed by atoms with Gasteiger partial charge in [0.25, 0.3) is 5.91 Å². The maximum atomic E-state index is 12.0. The molecular weight excluding hydrogens is 292 g/mol. The van der Waals surface area contributed by atoms with Crippen LogP contribution in [0.4, 0.5) is 0 Å². The number of Topliss-reactive ketones (excluding diaryl/α,β-unsaturated/α-hetero) is 1. The maximum absolute atomic E-state index is 12.0. The summed E-state index contributed by atoms with van der Waals surface area (Å²) < 4.78 is 6.63. The molecule has 7 heteroatoms. The normalized spacial score (nSPS) is 18.6. The van der Waals surface area contributed by atoms with Crippen LogP contribution in [0.15, 0.2) is 16.7 Å². The number of hydrogen-bond donors (Lipinski definition) is 1. The van der Waals surface area contributed by atoms with Crippen molar-refractivity contribution < 1.29 is 19.1 Å². The fourth-order valence-corrected chi connectivity index (χ4v) is 2.02. The fraction of sp³-hybridized carbons (Fsp3) is 0.300. The lowest BCUT2D eigenvalue weighted by atomic mass is 10.00. The van der Waals surface area contributed by atoms with Gasteiger partial charge in [0, 0.05) is 10.7 Å². The topological polar surface area (TPSA) is 77.4 Å². The van der Waals surface area contributed by atoms with E-state index in [1.807, 2.05) is 0 Å². The molecule has 0 aromatic carbocycles. The second-order valence-corrected chi connectivity index (χ2v) is 4.35. The highest BCUT2D eigenvalue weighted by Gasteiger charge is 2.41. The number of halogens is 1. The van der Waals surface area contributed by atoms with E-state index in [9.17, 15) is 14.4 Å². The van der Waals surface area contributed by atoms with Crippen LogP contribution in [0.25, 0.3) is 0 Å². The number of amides is 1. The first kappa shape index (κ1) is 11.8. The third-order valence-electron chi connectivity index (χ3n) is 2.32. The summed E-state index contributed by atoms with van der Waals surface area (Å²) in [5.41, 5.74) is 2.67. The molecule has 0 fully saturated rings.